The summed E-state index contributed by atoms with van der Waals surface area (Å²) in [5, 5.41) is 19.2. The highest BCUT2D eigenvalue weighted by molar-refractivity contribution is 5.88. The third kappa shape index (κ3) is 3.09. The standard InChI is InChI=1S/C12H20N6O2/c1-2-8(19)4-3-6-14-18-7-5-9-10(17-20)15-12(13)16-11(9)18/h5,7-8,14,19-20H,2-4,6H2,1H3,(H3,13,15,16,17). The van der Waals surface area contributed by atoms with Crippen LogP contribution in [0.15, 0.2) is 12.3 Å². The summed E-state index contributed by atoms with van der Waals surface area (Å²) in [7, 11) is 0. The largest absolute Gasteiger partial charge is 0.393 e. The zero-order valence-corrected chi connectivity index (χ0v) is 11.4. The summed E-state index contributed by atoms with van der Waals surface area (Å²) in [6.45, 7) is 2.66. The summed E-state index contributed by atoms with van der Waals surface area (Å²) in [5.41, 5.74) is 11.4. The first-order chi connectivity index (χ1) is 9.65. The van der Waals surface area contributed by atoms with Gasteiger partial charge in [-0.3, -0.25) is 10.7 Å². The van der Waals surface area contributed by atoms with Gasteiger partial charge in [0.2, 0.25) is 5.95 Å². The first-order valence-corrected chi connectivity index (χ1v) is 6.62. The molecule has 0 aliphatic rings. The molecule has 2 aromatic rings. The monoisotopic (exact) mass is 280 g/mol. The number of nitrogen functional groups attached to an aromatic ring is 1. The lowest BCUT2D eigenvalue weighted by atomic mass is 10.1. The van der Waals surface area contributed by atoms with Gasteiger partial charge in [-0.2, -0.15) is 9.97 Å². The van der Waals surface area contributed by atoms with Crippen molar-refractivity contribution in [2.24, 2.45) is 0 Å². The van der Waals surface area contributed by atoms with E-state index in [1.807, 2.05) is 12.4 Å². The zero-order chi connectivity index (χ0) is 14.5. The number of aromatic nitrogens is 3. The highest BCUT2D eigenvalue weighted by Crippen LogP contribution is 2.21. The number of hydrogen-bond donors (Lipinski definition) is 5. The number of aliphatic hydroxyl groups excluding tert-OH is 1. The van der Waals surface area contributed by atoms with Crippen molar-refractivity contribution >= 4 is 22.8 Å². The topological polar surface area (TPSA) is 121 Å². The maximum atomic E-state index is 9.48. The van der Waals surface area contributed by atoms with Crippen molar-refractivity contribution in [3.8, 4) is 0 Å². The molecule has 2 rings (SSSR count). The molecule has 8 nitrogen and oxygen atoms in total. The number of nitrogens with one attached hydrogen (secondary N) is 2. The van der Waals surface area contributed by atoms with Crippen LogP contribution in [0.4, 0.5) is 11.8 Å². The Kier molecular flexibility index (Phi) is 4.59. The van der Waals surface area contributed by atoms with Gasteiger partial charge in [0.05, 0.1) is 11.5 Å². The van der Waals surface area contributed by atoms with E-state index < -0.39 is 0 Å². The lowest BCUT2D eigenvalue weighted by Crippen LogP contribution is -2.17. The molecule has 2 heterocycles. The molecule has 20 heavy (non-hydrogen) atoms. The van der Waals surface area contributed by atoms with Gasteiger partial charge in [-0.25, -0.2) is 4.68 Å². The Morgan fingerprint density at radius 2 is 2.25 bits per heavy atom. The molecule has 2 aromatic heterocycles. The fraction of sp³-hybridized carbons (Fsp3) is 0.500. The van der Waals surface area contributed by atoms with E-state index in [2.05, 4.69) is 15.4 Å². The summed E-state index contributed by atoms with van der Waals surface area (Å²) < 4.78 is 1.73. The zero-order valence-electron chi connectivity index (χ0n) is 11.4. The molecule has 0 saturated heterocycles. The van der Waals surface area contributed by atoms with Crippen molar-refractivity contribution in [1.82, 2.24) is 14.6 Å². The van der Waals surface area contributed by atoms with Gasteiger partial charge in [0.25, 0.3) is 0 Å². The molecule has 0 aliphatic carbocycles. The number of anilines is 2. The van der Waals surface area contributed by atoms with Gasteiger partial charge in [-0.15, -0.1) is 0 Å². The number of hydrogen-bond acceptors (Lipinski definition) is 7. The van der Waals surface area contributed by atoms with Crippen LogP contribution >= 0.6 is 0 Å². The number of nitrogens with two attached hydrogens (primary N) is 1. The lowest BCUT2D eigenvalue weighted by molar-refractivity contribution is 0.158. The van der Waals surface area contributed by atoms with E-state index in [0.29, 0.717) is 17.6 Å². The number of nitrogens with zero attached hydrogens (tertiary/aromatic N) is 3. The van der Waals surface area contributed by atoms with Crippen LogP contribution in [0.2, 0.25) is 0 Å². The lowest BCUT2D eigenvalue weighted by Gasteiger charge is -2.11. The molecule has 8 heteroatoms. The average molecular weight is 280 g/mol. The SMILES string of the molecule is CCC(O)CCCNn1ccc2c(NO)nc(N)nc21. The van der Waals surface area contributed by atoms with Crippen molar-refractivity contribution in [2.75, 3.05) is 23.2 Å². The average Bonchev–Trinajstić information content (AvgIpc) is 2.85. The van der Waals surface area contributed by atoms with Gasteiger partial charge in [0.15, 0.2) is 11.5 Å². The van der Waals surface area contributed by atoms with E-state index in [4.69, 9.17) is 10.9 Å². The number of rotatable bonds is 7. The Morgan fingerprint density at radius 1 is 1.45 bits per heavy atom. The fourth-order valence-corrected chi connectivity index (χ4v) is 1.99. The van der Waals surface area contributed by atoms with Crippen molar-refractivity contribution in [3.63, 3.8) is 0 Å². The first-order valence-electron chi connectivity index (χ1n) is 6.62. The summed E-state index contributed by atoms with van der Waals surface area (Å²) in [6.07, 6.45) is 3.91. The summed E-state index contributed by atoms with van der Waals surface area (Å²) in [5.74, 6) is 0.353. The molecule has 0 fully saturated rings. The fourth-order valence-electron chi connectivity index (χ4n) is 1.99. The minimum absolute atomic E-state index is 0.0807. The van der Waals surface area contributed by atoms with Crippen molar-refractivity contribution in [1.29, 1.82) is 0 Å². The van der Waals surface area contributed by atoms with Crippen LogP contribution in [-0.2, 0) is 0 Å². The first kappa shape index (κ1) is 14.4. The molecule has 0 bridgehead atoms. The van der Waals surface area contributed by atoms with E-state index in [9.17, 15) is 5.11 Å². The second-order valence-electron chi connectivity index (χ2n) is 4.58. The normalized spacial score (nSPS) is 12.6. The Hall–Kier alpha value is -2.06. The molecule has 1 unspecified atom stereocenters. The number of fused-ring (bicyclic) bond motifs is 1. The van der Waals surface area contributed by atoms with Gasteiger partial charge in [-0.05, 0) is 25.3 Å². The third-order valence-corrected chi connectivity index (χ3v) is 3.13. The predicted molar refractivity (Wildman–Crippen MR) is 77.1 cm³/mol. The van der Waals surface area contributed by atoms with Gasteiger partial charge in [0.1, 0.15) is 0 Å². The van der Waals surface area contributed by atoms with Crippen LogP contribution in [0.1, 0.15) is 26.2 Å². The smallest absolute Gasteiger partial charge is 0.224 e. The molecule has 6 N–H and O–H groups in total. The molecular weight excluding hydrogens is 260 g/mol. The Bertz CT molecular complexity index is 570. The van der Waals surface area contributed by atoms with Gasteiger partial charge in [-0.1, -0.05) is 6.92 Å². The maximum absolute atomic E-state index is 9.48. The minimum atomic E-state index is -0.249. The molecular formula is C12H20N6O2. The van der Waals surface area contributed by atoms with Crippen LogP contribution in [0.25, 0.3) is 11.0 Å². The molecule has 1 atom stereocenters. The van der Waals surface area contributed by atoms with Crippen molar-refractivity contribution in [3.05, 3.63) is 12.3 Å². The van der Waals surface area contributed by atoms with Gasteiger partial charge in [0, 0.05) is 12.7 Å². The highest BCUT2D eigenvalue weighted by Gasteiger charge is 2.10. The molecule has 0 radical (unpaired) electrons. The third-order valence-electron chi connectivity index (χ3n) is 3.13. The van der Waals surface area contributed by atoms with E-state index in [1.165, 1.54) is 0 Å². The van der Waals surface area contributed by atoms with Crippen molar-refractivity contribution in [2.45, 2.75) is 32.3 Å². The molecule has 110 valence electrons. The Morgan fingerprint density at radius 3 is 2.95 bits per heavy atom. The van der Waals surface area contributed by atoms with Crippen LogP contribution < -0.4 is 16.6 Å². The summed E-state index contributed by atoms with van der Waals surface area (Å²) in [6, 6.07) is 1.78. The highest BCUT2D eigenvalue weighted by atomic mass is 16.5. The van der Waals surface area contributed by atoms with E-state index in [0.717, 1.165) is 19.3 Å². The van der Waals surface area contributed by atoms with Gasteiger partial charge < -0.3 is 16.3 Å². The van der Waals surface area contributed by atoms with Gasteiger partial charge >= 0.3 is 0 Å². The minimum Gasteiger partial charge on any atom is -0.393 e. The van der Waals surface area contributed by atoms with E-state index in [1.54, 1.807) is 16.9 Å². The summed E-state index contributed by atoms with van der Waals surface area (Å²) in [4.78, 5) is 8.04. The molecule has 0 spiro atoms. The second-order valence-corrected chi connectivity index (χ2v) is 4.58. The second kappa shape index (κ2) is 6.40. The Labute approximate surface area is 116 Å². The molecule has 0 aromatic carbocycles. The van der Waals surface area contributed by atoms with Crippen LogP contribution in [0.5, 0.6) is 0 Å². The Balaban J connectivity index is 2.06. The molecule has 0 amide bonds. The van der Waals surface area contributed by atoms with Crippen LogP contribution in [-0.4, -0.2) is 37.6 Å². The van der Waals surface area contributed by atoms with Crippen molar-refractivity contribution < 1.29 is 10.3 Å². The van der Waals surface area contributed by atoms with E-state index >= 15 is 0 Å². The number of aliphatic hydroxyl groups is 1. The van der Waals surface area contributed by atoms with Crippen LogP contribution in [0.3, 0.4) is 0 Å². The molecule has 0 aliphatic heterocycles. The quantitative estimate of drug-likeness (QED) is 0.377. The van der Waals surface area contributed by atoms with E-state index in [-0.39, 0.29) is 17.9 Å². The maximum Gasteiger partial charge on any atom is 0.224 e. The van der Waals surface area contributed by atoms with Crippen LogP contribution in [0, 0.1) is 0 Å². The predicted octanol–water partition coefficient (Wildman–Crippen LogP) is 0.909. The summed E-state index contributed by atoms with van der Waals surface area (Å²) >= 11 is 0. The molecule has 0 saturated carbocycles.